The number of ether oxygens (including phenoxy) is 5. The number of hydrogen-bond donors (Lipinski definition) is 0. The smallest absolute Gasteiger partial charge is 0.264 e. The van der Waals surface area contributed by atoms with E-state index in [0.29, 0.717) is 33.0 Å². The van der Waals surface area contributed by atoms with Crippen LogP contribution in [0.2, 0.25) is 0 Å². The summed E-state index contributed by atoms with van der Waals surface area (Å²) in [5.74, 6) is 1.54. The Balaban J connectivity index is 1.41. The summed E-state index contributed by atoms with van der Waals surface area (Å²) in [4.78, 5) is 0. The number of fused-ring (bicyclic) bond motifs is 1. The van der Waals surface area contributed by atoms with Gasteiger partial charge in [0.1, 0.15) is 6.61 Å². The highest BCUT2D eigenvalue weighted by Crippen LogP contribution is 2.33. The minimum Gasteiger partial charge on any atom is -0.448 e. The van der Waals surface area contributed by atoms with Crippen LogP contribution in [0.15, 0.2) is 24.3 Å². The van der Waals surface area contributed by atoms with Crippen molar-refractivity contribution in [1.82, 2.24) is 0 Å². The van der Waals surface area contributed by atoms with E-state index in [1.165, 1.54) is 0 Å². The Morgan fingerprint density at radius 1 is 0.857 bits per heavy atom. The van der Waals surface area contributed by atoms with Gasteiger partial charge in [0.25, 0.3) is 6.29 Å². The fourth-order valence-corrected chi connectivity index (χ4v) is 1.89. The Bertz CT molecular complexity index is 371. The molecule has 0 atom stereocenters. The molecule has 0 aromatic heterocycles. The third-order valence-electron chi connectivity index (χ3n) is 3.01. The minimum atomic E-state index is -0.361. The molecular weight excluding hydrogens is 272 g/mol. The first-order valence-electron chi connectivity index (χ1n) is 7.55. The zero-order valence-corrected chi connectivity index (χ0v) is 12.6. The van der Waals surface area contributed by atoms with Crippen LogP contribution in [0, 0.1) is 0 Å². The minimum absolute atomic E-state index is 0.361. The molecule has 0 spiro atoms. The lowest BCUT2D eigenvalue weighted by atomic mass is 10.3. The van der Waals surface area contributed by atoms with Gasteiger partial charge >= 0.3 is 0 Å². The van der Waals surface area contributed by atoms with Crippen LogP contribution in [0.5, 0.6) is 11.5 Å². The summed E-state index contributed by atoms with van der Waals surface area (Å²) in [6.07, 6.45) is 1.90. The third kappa shape index (κ3) is 5.91. The third-order valence-corrected chi connectivity index (χ3v) is 3.01. The van der Waals surface area contributed by atoms with Crippen molar-refractivity contribution in [2.75, 3.05) is 39.6 Å². The summed E-state index contributed by atoms with van der Waals surface area (Å²) < 4.78 is 27.4. The largest absolute Gasteiger partial charge is 0.448 e. The Morgan fingerprint density at radius 2 is 1.43 bits per heavy atom. The van der Waals surface area contributed by atoms with Crippen molar-refractivity contribution in [1.29, 1.82) is 0 Å². The molecule has 5 nitrogen and oxygen atoms in total. The summed E-state index contributed by atoms with van der Waals surface area (Å²) in [7, 11) is 0. The average Bonchev–Trinajstić information content (AvgIpc) is 2.92. The maximum atomic E-state index is 5.58. The van der Waals surface area contributed by atoms with E-state index >= 15 is 0 Å². The Kier molecular flexibility index (Phi) is 7.35. The zero-order valence-electron chi connectivity index (χ0n) is 12.6. The molecule has 118 valence electrons. The van der Waals surface area contributed by atoms with E-state index < -0.39 is 0 Å². The molecular formula is C16H24O5. The first kappa shape index (κ1) is 16.1. The molecule has 0 radical (unpaired) electrons. The fraction of sp³-hybridized carbons (Fsp3) is 0.625. The van der Waals surface area contributed by atoms with Crippen molar-refractivity contribution in [2.24, 2.45) is 0 Å². The van der Waals surface area contributed by atoms with E-state index in [2.05, 4.69) is 6.92 Å². The monoisotopic (exact) mass is 296 g/mol. The van der Waals surface area contributed by atoms with Gasteiger partial charge in [-0.25, -0.2) is 0 Å². The van der Waals surface area contributed by atoms with Gasteiger partial charge in [0, 0.05) is 6.61 Å². The van der Waals surface area contributed by atoms with Gasteiger partial charge < -0.3 is 23.7 Å². The molecule has 0 bridgehead atoms. The SMILES string of the molecule is CCCCOCCOCCOCC1Oc2ccccc2O1. The number of unbranched alkanes of at least 4 members (excludes halogenated alkanes) is 1. The van der Waals surface area contributed by atoms with Gasteiger partial charge in [0.05, 0.1) is 26.4 Å². The van der Waals surface area contributed by atoms with Crippen LogP contribution in [0.3, 0.4) is 0 Å². The van der Waals surface area contributed by atoms with Gasteiger partial charge in [0.15, 0.2) is 11.5 Å². The maximum absolute atomic E-state index is 5.58. The van der Waals surface area contributed by atoms with Gasteiger partial charge in [-0.05, 0) is 18.6 Å². The lowest BCUT2D eigenvalue weighted by Crippen LogP contribution is -2.25. The van der Waals surface area contributed by atoms with Crippen LogP contribution in [0.1, 0.15) is 19.8 Å². The van der Waals surface area contributed by atoms with Crippen LogP contribution < -0.4 is 9.47 Å². The molecule has 0 amide bonds. The van der Waals surface area contributed by atoms with E-state index in [1.54, 1.807) is 0 Å². The van der Waals surface area contributed by atoms with E-state index in [1.807, 2.05) is 24.3 Å². The molecule has 21 heavy (non-hydrogen) atoms. The molecule has 0 fully saturated rings. The van der Waals surface area contributed by atoms with E-state index in [0.717, 1.165) is 30.9 Å². The first-order valence-corrected chi connectivity index (χ1v) is 7.55. The fourth-order valence-electron chi connectivity index (χ4n) is 1.89. The molecule has 2 rings (SSSR count). The van der Waals surface area contributed by atoms with Gasteiger partial charge in [-0.1, -0.05) is 25.5 Å². The summed E-state index contributed by atoms with van der Waals surface area (Å²) >= 11 is 0. The van der Waals surface area contributed by atoms with E-state index in [4.69, 9.17) is 23.7 Å². The number of para-hydroxylation sites is 2. The molecule has 0 unspecified atom stereocenters. The predicted octanol–water partition coefficient (Wildman–Crippen LogP) is 2.63. The van der Waals surface area contributed by atoms with Crippen molar-refractivity contribution in [3.63, 3.8) is 0 Å². The summed E-state index contributed by atoms with van der Waals surface area (Å²) in [5, 5.41) is 0. The van der Waals surface area contributed by atoms with Crippen molar-refractivity contribution in [2.45, 2.75) is 26.1 Å². The Labute approximate surface area is 126 Å². The summed E-state index contributed by atoms with van der Waals surface area (Å²) in [5.41, 5.74) is 0. The molecule has 1 heterocycles. The van der Waals surface area contributed by atoms with Crippen LogP contribution in [0.25, 0.3) is 0 Å². The molecule has 5 heteroatoms. The van der Waals surface area contributed by atoms with Crippen molar-refractivity contribution in [3.8, 4) is 11.5 Å². The van der Waals surface area contributed by atoms with Gasteiger partial charge in [0.2, 0.25) is 0 Å². The molecule has 0 saturated heterocycles. The van der Waals surface area contributed by atoms with E-state index in [9.17, 15) is 0 Å². The molecule has 1 aromatic carbocycles. The predicted molar refractivity (Wildman–Crippen MR) is 78.9 cm³/mol. The maximum Gasteiger partial charge on any atom is 0.264 e. The molecule has 1 aliphatic rings. The quantitative estimate of drug-likeness (QED) is 0.587. The Morgan fingerprint density at radius 3 is 2.05 bits per heavy atom. The normalized spacial score (nSPS) is 13.8. The topological polar surface area (TPSA) is 46.2 Å². The van der Waals surface area contributed by atoms with Crippen LogP contribution in [-0.2, 0) is 14.2 Å². The Hall–Kier alpha value is -1.30. The van der Waals surface area contributed by atoms with Crippen molar-refractivity contribution in [3.05, 3.63) is 24.3 Å². The highest BCUT2D eigenvalue weighted by Gasteiger charge is 2.23. The van der Waals surface area contributed by atoms with Crippen molar-refractivity contribution < 1.29 is 23.7 Å². The number of rotatable bonds is 11. The number of benzene rings is 1. The second-order valence-electron chi connectivity index (χ2n) is 4.77. The van der Waals surface area contributed by atoms with Gasteiger partial charge in [-0.2, -0.15) is 0 Å². The molecule has 0 saturated carbocycles. The van der Waals surface area contributed by atoms with Gasteiger partial charge in [-0.15, -0.1) is 0 Å². The van der Waals surface area contributed by atoms with Crippen LogP contribution >= 0.6 is 0 Å². The van der Waals surface area contributed by atoms with Crippen LogP contribution in [-0.4, -0.2) is 45.9 Å². The molecule has 1 aromatic rings. The van der Waals surface area contributed by atoms with Crippen LogP contribution in [0.4, 0.5) is 0 Å². The summed E-state index contributed by atoms with van der Waals surface area (Å²) in [6, 6.07) is 7.61. The highest BCUT2D eigenvalue weighted by atomic mass is 16.7. The molecule has 1 aliphatic heterocycles. The second-order valence-corrected chi connectivity index (χ2v) is 4.77. The highest BCUT2D eigenvalue weighted by molar-refractivity contribution is 5.41. The molecule has 0 aliphatic carbocycles. The lowest BCUT2D eigenvalue weighted by Gasteiger charge is -2.11. The average molecular weight is 296 g/mol. The van der Waals surface area contributed by atoms with Gasteiger partial charge in [-0.3, -0.25) is 0 Å². The standard InChI is InChI=1S/C16H24O5/c1-2-3-8-17-9-10-18-11-12-19-13-16-20-14-6-4-5-7-15(14)21-16/h4-7,16H,2-3,8-13H2,1H3. The zero-order chi connectivity index (χ0) is 14.8. The lowest BCUT2D eigenvalue weighted by molar-refractivity contribution is -0.0499. The summed E-state index contributed by atoms with van der Waals surface area (Å²) in [6.45, 7) is 5.68. The first-order chi connectivity index (χ1) is 10.4. The van der Waals surface area contributed by atoms with E-state index in [-0.39, 0.29) is 6.29 Å². The second kappa shape index (κ2) is 9.60. The van der Waals surface area contributed by atoms with Crippen molar-refractivity contribution >= 4 is 0 Å². The number of hydrogen-bond acceptors (Lipinski definition) is 5. The molecule has 0 N–H and O–H groups in total.